The number of rotatable bonds is 4. The normalized spacial score (nSPS) is 21.9. The van der Waals surface area contributed by atoms with E-state index in [2.05, 4.69) is 5.32 Å². The molecule has 2 heterocycles. The summed E-state index contributed by atoms with van der Waals surface area (Å²) in [7, 11) is 0. The second kappa shape index (κ2) is 6.94. The minimum atomic E-state index is -0.346. The van der Waals surface area contributed by atoms with Crippen LogP contribution in [0.1, 0.15) is 31.2 Å². The second-order valence-electron chi connectivity index (χ2n) is 6.54. The first kappa shape index (κ1) is 15.7. The lowest BCUT2D eigenvalue weighted by molar-refractivity contribution is -0.104. The highest BCUT2D eigenvalue weighted by Crippen LogP contribution is 2.37. The van der Waals surface area contributed by atoms with E-state index in [1.165, 1.54) is 18.9 Å². The lowest BCUT2D eigenvalue weighted by Crippen LogP contribution is -2.48. The van der Waals surface area contributed by atoms with Crippen molar-refractivity contribution in [1.82, 2.24) is 10.4 Å². The molecule has 1 aromatic rings. The second-order valence-corrected chi connectivity index (χ2v) is 6.54. The van der Waals surface area contributed by atoms with Crippen LogP contribution in [0.2, 0.25) is 0 Å². The number of hydrogen-bond donors (Lipinski definition) is 2. The summed E-state index contributed by atoms with van der Waals surface area (Å²) in [6.45, 7) is 3.97. The zero-order valence-electron chi connectivity index (χ0n) is 13.0. The van der Waals surface area contributed by atoms with Crippen molar-refractivity contribution in [2.75, 3.05) is 32.8 Å². The van der Waals surface area contributed by atoms with Crippen molar-refractivity contribution < 1.29 is 14.3 Å². The maximum absolute atomic E-state index is 13.9. The number of benzene rings is 1. The zero-order valence-corrected chi connectivity index (χ0v) is 13.0. The fourth-order valence-corrected chi connectivity index (χ4v) is 3.55. The van der Waals surface area contributed by atoms with Gasteiger partial charge in [-0.05, 0) is 61.8 Å². The van der Waals surface area contributed by atoms with Gasteiger partial charge in [-0.15, -0.1) is 5.06 Å². The summed E-state index contributed by atoms with van der Waals surface area (Å²) in [5.74, 6) is -0.0787. The quantitative estimate of drug-likeness (QED) is 0.894. The van der Waals surface area contributed by atoms with E-state index in [1.807, 2.05) is 5.06 Å². The van der Waals surface area contributed by atoms with Crippen molar-refractivity contribution in [2.24, 2.45) is 5.41 Å². The van der Waals surface area contributed by atoms with Gasteiger partial charge in [-0.25, -0.2) is 4.39 Å². The van der Waals surface area contributed by atoms with Gasteiger partial charge in [0.25, 0.3) is 0 Å². The van der Waals surface area contributed by atoms with Gasteiger partial charge in [0.2, 0.25) is 0 Å². The largest absolute Gasteiger partial charge is 0.403 e. The zero-order chi connectivity index (χ0) is 15.4. The highest BCUT2D eigenvalue weighted by molar-refractivity contribution is 5.30. The van der Waals surface area contributed by atoms with Crippen molar-refractivity contribution in [3.05, 3.63) is 29.6 Å². The minimum Gasteiger partial charge on any atom is -0.403 e. The Morgan fingerprint density at radius 1 is 1.27 bits per heavy atom. The molecule has 0 aromatic heterocycles. The predicted molar refractivity (Wildman–Crippen MR) is 83.2 cm³/mol. The van der Waals surface area contributed by atoms with Crippen LogP contribution in [-0.4, -0.2) is 43.0 Å². The molecule has 1 aromatic carbocycles. The van der Waals surface area contributed by atoms with Crippen LogP contribution in [0, 0.1) is 11.2 Å². The van der Waals surface area contributed by atoms with Crippen LogP contribution in [0.25, 0.3) is 0 Å². The number of aliphatic hydroxyl groups excluding tert-OH is 1. The Morgan fingerprint density at radius 2 is 2.09 bits per heavy atom. The van der Waals surface area contributed by atoms with Crippen LogP contribution in [0.15, 0.2) is 18.2 Å². The molecule has 1 spiro atoms. The molecule has 0 amide bonds. The molecular formula is C17H25FN2O2. The summed E-state index contributed by atoms with van der Waals surface area (Å²) in [5.41, 5.74) is 1.30. The van der Waals surface area contributed by atoms with E-state index in [1.54, 1.807) is 12.1 Å². The lowest BCUT2D eigenvalue weighted by atomic mass is 9.73. The number of nitrogens with one attached hydrogen (secondary N) is 1. The van der Waals surface area contributed by atoms with E-state index in [0.717, 1.165) is 44.6 Å². The highest BCUT2D eigenvalue weighted by atomic mass is 19.1. The monoisotopic (exact) mass is 308 g/mol. The Morgan fingerprint density at radius 3 is 2.77 bits per heavy atom. The molecule has 2 aliphatic heterocycles. The van der Waals surface area contributed by atoms with Crippen molar-refractivity contribution in [1.29, 1.82) is 0 Å². The smallest absolute Gasteiger partial charge is 0.183 e. The van der Waals surface area contributed by atoms with Crippen LogP contribution >= 0.6 is 0 Å². The number of nitrogens with zero attached hydrogens (tertiary/aromatic N) is 1. The summed E-state index contributed by atoms with van der Waals surface area (Å²) in [6, 6.07) is 4.80. The van der Waals surface area contributed by atoms with Gasteiger partial charge in [-0.2, -0.15) is 0 Å². The van der Waals surface area contributed by atoms with Gasteiger partial charge in [-0.3, -0.25) is 0 Å². The molecule has 3 rings (SSSR count). The Balaban J connectivity index is 1.59. The summed E-state index contributed by atoms with van der Waals surface area (Å²) in [4.78, 5) is 5.76. The molecule has 0 saturated carbocycles. The SMILES string of the molecule is OCCc1ccc(F)c(ON2CCC3(CCCNC3)CC2)c1. The number of halogens is 1. The molecule has 0 radical (unpaired) electrons. The maximum Gasteiger partial charge on any atom is 0.183 e. The molecule has 4 nitrogen and oxygen atoms in total. The number of hydrogen-bond acceptors (Lipinski definition) is 4. The first-order valence-corrected chi connectivity index (χ1v) is 8.24. The van der Waals surface area contributed by atoms with Crippen molar-refractivity contribution in [3.63, 3.8) is 0 Å². The van der Waals surface area contributed by atoms with E-state index in [0.29, 0.717) is 11.8 Å². The van der Waals surface area contributed by atoms with Gasteiger partial charge < -0.3 is 15.3 Å². The molecule has 0 unspecified atom stereocenters. The first-order chi connectivity index (χ1) is 10.7. The van der Waals surface area contributed by atoms with E-state index in [-0.39, 0.29) is 18.2 Å². The molecule has 22 heavy (non-hydrogen) atoms. The van der Waals surface area contributed by atoms with Crippen molar-refractivity contribution in [3.8, 4) is 5.75 Å². The third-order valence-corrected chi connectivity index (χ3v) is 4.97. The summed E-state index contributed by atoms with van der Waals surface area (Å²) in [6.07, 6.45) is 5.24. The van der Waals surface area contributed by atoms with E-state index < -0.39 is 0 Å². The van der Waals surface area contributed by atoms with Crippen LogP contribution in [-0.2, 0) is 6.42 Å². The molecular weight excluding hydrogens is 283 g/mol. The standard InChI is InChI=1S/C17H25FN2O2/c18-15-3-2-14(4-11-21)12-16(15)22-20-9-6-17(7-10-20)5-1-8-19-13-17/h2-3,12,19,21H,1,4-11,13H2. The number of aliphatic hydroxyl groups is 1. The average molecular weight is 308 g/mol. The molecule has 0 aliphatic carbocycles. The molecule has 2 saturated heterocycles. The summed E-state index contributed by atoms with van der Waals surface area (Å²) < 4.78 is 13.9. The fourth-order valence-electron chi connectivity index (χ4n) is 3.55. The van der Waals surface area contributed by atoms with Gasteiger partial charge in [0.05, 0.1) is 0 Å². The molecule has 2 aliphatic rings. The predicted octanol–water partition coefficient (Wildman–Crippen LogP) is 2.12. The van der Waals surface area contributed by atoms with Crippen molar-refractivity contribution in [2.45, 2.75) is 32.1 Å². The topological polar surface area (TPSA) is 44.7 Å². The maximum atomic E-state index is 13.9. The van der Waals surface area contributed by atoms with E-state index in [9.17, 15) is 4.39 Å². The highest BCUT2D eigenvalue weighted by Gasteiger charge is 2.36. The number of hydroxylamine groups is 2. The van der Waals surface area contributed by atoms with Gasteiger partial charge in [0.1, 0.15) is 0 Å². The molecule has 0 atom stereocenters. The van der Waals surface area contributed by atoms with Crippen molar-refractivity contribution >= 4 is 0 Å². The molecule has 122 valence electrons. The fraction of sp³-hybridized carbons (Fsp3) is 0.647. The third-order valence-electron chi connectivity index (χ3n) is 4.97. The van der Waals surface area contributed by atoms with E-state index >= 15 is 0 Å². The van der Waals surface area contributed by atoms with Gasteiger partial charge in [-0.1, -0.05) is 6.07 Å². The van der Waals surface area contributed by atoms with Crippen LogP contribution in [0.4, 0.5) is 4.39 Å². The average Bonchev–Trinajstić information content (AvgIpc) is 2.54. The lowest BCUT2D eigenvalue weighted by Gasteiger charge is -2.43. The minimum absolute atomic E-state index is 0.0598. The summed E-state index contributed by atoms with van der Waals surface area (Å²) >= 11 is 0. The third kappa shape index (κ3) is 3.59. The molecule has 2 N–H and O–H groups in total. The molecule has 0 bridgehead atoms. The van der Waals surface area contributed by atoms with Gasteiger partial charge in [0, 0.05) is 26.2 Å². The van der Waals surface area contributed by atoms with Crippen LogP contribution in [0.5, 0.6) is 5.75 Å². The summed E-state index contributed by atoms with van der Waals surface area (Å²) in [5, 5.41) is 14.4. The Bertz CT molecular complexity index is 493. The van der Waals surface area contributed by atoms with E-state index in [4.69, 9.17) is 9.94 Å². The van der Waals surface area contributed by atoms with Crippen LogP contribution < -0.4 is 10.2 Å². The Kier molecular flexibility index (Phi) is 4.96. The number of piperidine rings is 2. The van der Waals surface area contributed by atoms with Crippen LogP contribution in [0.3, 0.4) is 0 Å². The van der Waals surface area contributed by atoms with Gasteiger partial charge in [0.15, 0.2) is 11.6 Å². The first-order valence-electron chi connectivity index (χ1n) is 8.24. The molecule has 2 fully saturated rings. The molecule has 5 heteroatoms. The Hall–Kier alpha value is -1.17. The Labute approximate surface area is 131 Å². The van der Waals surface area contributed by atoms with Gasteiger partial charge >= 0.3 is 0 Å².